The van der Waals surface area contributed by atoms with Gasteiger partial charge in [-0.2, -0.15) is 0 Å². The fourth-order valence-electron chi connectivity index (χ4n) is 2.05. The average molecular weight is 285 g/mol. The third kappa shape index (κ3) is 3.83. The number of hydrogen-bond donors (Lipinski definition) is 2. The number of aliphatic hydroxyl groups is 1. The minimum atomic E-state index is -0.810. The third-order valence-electron chi connectivity index (χ3n) is 3.27. The molecule has 0 spiro atoms. The third-order valence-corrected chi connectivity index (χ3v) is 3.27. The van der Waals surface area contributed by atoms with Crippen molar-refractivity contribution >= 4 is 5.91 Å². The maximum atomic E-state index is 12.0. The first-order valence-electron chi connectivity index (χ1n) is 6.77. The van der Waals surface area contributed by atoms with Crippen LogP contribution >= 0.6 is 0 Å². The zero-order valence-corrected chi connectivity index (χ0v) is 12.2. The quantitative estimate of drug-likeness (QED) is 0.887. The van der Waals surface area contributed by atoms with E-state index >= 15 is 0 Å². The van der Waals surface area contributed by atoms with Gasteiger partial charge < -0.3 is 15.2 Å². The van der Waals surface area contributed by atoms with Gasteiger partial charge in [-0.1, -0.05) is 35.9 Å². The number of ether oxygens (including phenoxy) is 1. The molecule has 0 heterocycles. The van der Waals surface area contributed by atoms with Gasteiger partial charge >= 0.3 is 0 Å². The molecule has 0 aromatic heterocycles. The van der Waals surface area contributed by atoms with Crippen LogP contribution in [0.25, 0.3) is 0 Å². The zero-order chi connectivity index (χ0) is 15.2. The highest BCUT2D eigenvalue weighted by Gasteiger charge is 2.14. The number of aliphatic hydroxyl groups excluding tert-OH is 1. The Labute approximate surface area is 124 Å². The molecule has 2 aromatic carbocycles. The molecule has 1 unspecified atom stereocenters. The molecule has 4 nitrogen and oxygen atoms in total. The lowest BCUT2D eigenvalue weighted by Crippen LogP contribution is -2.28. The predicted octanol–water partition coefficient (Wildman–Crippen LogP) is 2.47. The average Bonchev–Trinajstić information content (AvgIpc) is 2.52. The Morgan fingerprint density at radius 3 is 2.52 bits per heavy atom. The van der Waals surface area contributed by atoms with Crippen LogP contribution in [-0.2, 0) is 0 Å². The summed E-state index contributed by atoms with van der Waals surface area (Å²) in [5.41, 5.74) is 2.33. The highest BCUT2D eigenvalue weighted by molar-refractivity contribution is 5.94. The van der Waals surface area contributed by atoms with Crippen LogP contribution in [0.15, 0.2) is 48.5 Å². The van der Waals surface area contributed by atoms with Crippen LogP contribution in [0.5, 0.6) is 5.75 Å². The van der Waals surface area contributed by atoms with E-state index in [4.69, 9.17) is 4.74 Å². The molecule has 0 saturated carbocycles. The Balaban J connectivity index is 1.99. The summed E-state index contributed by atoms with van der Waals surface area (Å²) in [6.45, 7) is 2.10. The van der Waals surface area contributed by atoms with Gasteiger partial charge in [0.05, 0.1) is 13.2 Å². The van der Waals surface area contributed by atoms with Crippen molar-refractivity contribution in [3.8, 4) is 5.75 Å². The van der Waals surface area contributed by atoms with Crippen LogP contribution in [0.2, 0.25) is 0 Å². The van der Waals surface area contributed by atoms with E-state index in [1.807, 2.05) is 31.2 Å². The molecule has 2 aromatic rings. The van der Waals surface area contributed by atoms with Gasteiger partial charge in [-0.25, -0.2) is 0 Å². The van der Waals surface area contributed by atoms with Gasteiger partial charge in [0.25, 0.3) is 5.91 Å². The van der Waals surface area contributed by atoms with E-state index in [1.165, 1.54) is 0 Å². The second kappa shape index (κ2) is 6.90. The first-order chi connectivity index (χ1) is 10.1. The zero-order valence-electron chi connectivity index (χ0n) is 12.2. The first-order valence-corrected chi connectivity index (χ1v) is 6.77. The minimum absolute atomic E-state index is 0.132. The highest BCUT2D eigenvalue weighted by Crippen LogP contribution is 2.24. The molecule has 0 saturated heterocycles. The van der Waals surface area contributed by atoms with Gasteiger partial charge in [0.15, 0.2) is 0 Å². The lowest BCUT2D eigenvalue weighted by atomic mass is 10.1. The second-order valence-electron chi connectivity index (χ2n) is 4.83. The number of benzene rings is 2. The Hall–Kier alpha value is -2.33. The van der Waals surface area contributed by atoms with Gasteiger partial charge in [-0.15, -0.1) is 0 Å². The summed E-state index contributed by atoms with van der Waals surface area (Å²) in [5, 5.41) is 12.9. The van der Waals surface area contributed by atoms with E-state index in [9.17, 15) is 9.90 Å². The van der Waals surface area contributed by atoms with Crippen molar-refractivity contribution in [3.63, 3.8) is 0 Å². The van der Waals surface area contributed by atoms with Crippen molar-refractivity contribution in [1.82, 2.24) is 5.32 Å². The number of aryl methyl sites for hydroxylation is 1. The molecule has 0 aliphatic carbocycles. The van der Waals surface area contributed by atoms with Crippen molar-refractivity contribution in [2.75, 3.05) is 13.7 Å². The van der Waals surface area contributed by atoms with Crippen LogP contribution in [0, 0.1) is 6.92 Å². The molecule has 0 radical (unpaired) electrons. The number of hydrogen-bond acceptors (Lipinski definition) is 3. The Morgan fingerprint density at radius 1 is 1.19 bits per heavy atom. The number of amides is 1. The van der Waals surface area contributed by atoms with Crippen LogP contribution in [0.1, 0.15) is 27.6 Å². The SMILES string of the molecule is COc1ccccc1C(O)CNC(=O)c1ccc(C)cc1. The lowest BCUT2D eigenvalue weighted by molar-refractivity contribution is 0.0914. The van der Waals surface area contributed by atoms with Gasteiger partial charge in [0, 0.05) is 17.7 Å². The van der Waals surface area contributed by atoms with Crippen molar-refractivity contribution in [3.05, 3.63) is 65.2 Å². The van der Waals surface area contributed by atoms with Crippen molar-refractivity contribution < 1.29 is 14.6 Å². The Morgan fingerprint density at radius 2 is 1.86 bits per heavy atom. The van der Waals surface area contributed by atoms with Crippen molar-refractivity contribution in [2.45, 2.75) is 13.0 Å². The van der Waals surface area contributed by atoms with Gasteiger partial charge in [-0.3, -0.25) is 4.79 Å². The van der Waals surface area contributed by atoms with E-state index in [1.54, 1.807) is 31.4 Å². The largest absolute Gasteiger partial charge is 0.496 e. The molecule has 0 aliphatic rings. The highest BCUT2D eigenvalue weighted by atomic mass is 16.5. The molecule has 0 bridgehead atoms. The summed E-state index contributed by atoms with van der Waals surface area (Å²) >= 11 is 0. The van der Waals surface area contributed by atoms with Gasteiger partial charge in [-0.05, 0) is 25.1 Å². The van der Waals surface area contributed by atoms with Crippen LogP contribution in [0.3, 0.4) is 0 Å². The van der Waals surface area contributed by atoms with Crippen LogP contribution < -0.4 is 10.1 Å². The Kier molecular flexibility index (Phi) is 4.95. The summed E-state index contributed by atoms with van der Waals surface area (Å²) in [7, 11) is 1.55. The molecule has 110 valence electrons. The number of para-hydroxylation sites is 1. The number of carbonyl (C=O) groups excluding carboxylic acids is 1. The molecule has 2 rings (SSSR count). The van der Waals surface area contributed by atoms with Crippen molar-refractivity contribution in [2.24, 2.45) is 0 Å². The summed E-state index contributed by atoms with van der Waals surface area (Å²) in [4.78, 5) is 12.0. The first kappa shape index (κ1) is 15.1. The molecule has 1 amide bonds. The maximum Gasteiger partial charge on any atom is 0.251 e. The number of carbonyl (C=O) groups is 1. The normalized spacial score (nSPS) is 11.8. The molecular weight excluding hydrogens is 266 g/mol. The summed E-state index contributed by atoms with van der Waals surface area (Å²) in [6, 6.07) is 14.5. The molecule has 0 fully saturated rings. The molecule has 4 heteroatoms. The summed E-state index contributed by atoms with van der Waals surface area (Å²) in [5.74, 6) is 0.401. The fourth-order valence-corrected chi connectivity index (χ4v) is 2.05. The number of rotatable bonds is 5. The fraction of sp³-hybridized carbons (Fsp3) is 0.235. The van der Waals surface area contributed by atoms with E-state index < -0.39 is 6.10 Å². The monoisotopic (exact) mass is 285 g/mol. The summed E-state index contributed by atoms with van der Waals surface area (Å²) < 4.78 is 5.20. The second-order valence-corrected chi connectivity index (χ2v) is 4.83. The van der Waals surface area contributed by atoms with Crippen molar-refractivity contribution in [1.29, 1.82) is 0 Å². The van der Waals surface area contributed by atoms with E-state index in [-0.39, 0.29) is 12.5 Å². The molecular formula is C17H19NO3. The minimum Gasteiger partial charge on any atom is -0.496 e. The standard InChI is InChI=1S/C17H19NO3/c1-12-7-9-13(10-8-12)17(20)18-11-15(19)14-5-3-4-6-16(14)21-2/h3-10,15,19H,11H2,1-2H3,(H,18,20). The van der Waals surface area contributed by atoms with Gasteiger partial charge in [0.2, 0.25) is 0 Å². The van der Waals surface area contributed by atoms with Crippen LogP contribution in [0.4, 0.5) is 0 Å². The maximum absolute atomic E-state index is 12.0. The van der Waals surface area contributed by atoms with Gasteiger partial charge in [0.1, 0.15) is 5.75 Å². The summed E-state index contributed by atoms with van der Waals surface area (Å²) in [6.07, 6.45) is -0.810. The molecule has 21 heavy (non-hydrogen) atoms. The van der Waals surface area contributed by atoms with E-state index in [2.05, 4.69) is 5.32 Å². The smallest absolute Gasteiger partial charge is 0.251 e. The lowest BCUT2D eigenvalue weighted by Gasteiger charge is -2.15. The van der Waals surface area contributed by atoms with Crippen LogP contribution in [-0.4, -0.2) is 24.7 Å². The predicted molar refractivity (Wildman–Crippen MR) is 81.5 cm³/mol. The molecule has 0 aliphatic heterocycles. The molecule has 1 atom stereocenters. The number of nitrogens with one attached hydrogen (secondary N) is 1. The topological polar surface area (TPSA) is 58.6 Å². The number of methoxy groups -OCH3 is 1. The molecule has 2 N–H and O–H groups in total. The van der Waals surface area contributed by atoms with E-state index in [0.717, 1.165) is 5.56 Å². The Bertz CT molecular complexity index is 608. The van der Waals surface area contributed by atoms with E-state index in [0.29, 0.717) is 16.9 Å².